The molecule has 0 saturated heterocycles. The van der Waals surface area contributed by atoms with Gasteiger partial charge in [-0.1, -0.05) is 35.8 Å². The third-order valence-electron chi connectivity index (χ3n) is 5.92. The number of nitrogens with zero attached hydrogens (tertiary/aromatic N) is 3. The van der Waals surface area contributed by atoms with Gasteiger partial charge in [-0.2, -0.15) is 6.07 Å². The van der Waals surface area contributed by atoms with Crippen molar-refractivity contribution in [2.75, 3.05) is 0 Å². The Morgan fingerprint density at radius 1 is 0.853 bits per heavy atom. The fourth-order valence-electron chi connectivity index (χ4n) is 4.26. The molecule has 0 amide bonds. The molecule has 0 saturated carbocycles. The third kappa shape index (κ3) is 3.63. The topological polar surface area (TPSA) is 60.2 Å². The molecule has 0 aliphatic rings. The molecule has 3 heterocycles. The van der Waals surface area contributed by atoms with E-state index in [1.807, 2.05) is 68.6 Å². The first-order valence-corrected chi connectivity index (χ1v) is 10.7. The zero-order valence-corrected chi connectivity index (χ0v) is 20.8. The second-order valence-electron chi connectivity index (χ2n) is 8.18. The van der Waals surface area contributed by atoms with Crippen LogP contribution in [0.2, 0.25) is 0 Å². The largest absolute Gasteiger partial charge is 0.506 e. The van der Waals surface area contributed by atoms with Crippen LogP contribution in [-0.4, -0.2) is 19.6 Å². The van der Waals surface area contributed by atoms with Crippen LogP contribution in [0.1, 0.15) is 11.1 Å². The Kier molecular flexibility index (Phi) is 5.58. The van der Waals surface area contributed by atoms with Gasteiger partial charge in [-0.15, -0.1) is 17.5 Å². The Labute approximate surface area is 210 Å². The molecule has 34 heavy (non-hydrogen) atoms. The molecule has 0 unspecified atom stereocenters. The minimum Gasteiger partial charge on any atom is -0.506 e. The summed E-state index contributed by atoms with van der Waals surface area (Å²) in [4.78, 5) is 9.18. The van der Waals surface area contributed by atoms with Gasteiger partial charge < -0.3 is 14.4 Å². The van der Waals surface area contributed by atoms with Crippen LogP contribution < -0.4 is 4.74 Å². The van der Waals surface area contributed by atoms with E-state index in [2.05, 4.69) is 38.8 Å². The average Bonchev–Trinajstić information content (AvgIpc) is 3.16. The van der Waals surface area contributed by atoms with Crippen molar-refractivity contribution in [2.24, 2.45) is 0 Å². The molecule has 5 nitrogen and oxygen atoms in total. The summed E-state index contributed by atoms with van der Waals surface area (Å²) in [7, 11) is 0. The number of phenols is 1. The molecule has 170 valence electrons. The maximum atomic E-state index is 10.3. The van der Waals surface area contributed by atoms with Gasteiger partial charge in [0.15, 0.2) is 0 Å². The number of hydrogen-bond acceptors (Lipinski definition) is 4. The quantitative estimate of drug-likeness (QED) is 0.224. The standard InChI is InChI=1S/C28H20N3O2.Pt/c1-17-7-13-26(29-16-17)31-23-6-4-3-5-21(23)22-10-9-19(15-24(22)31)33-27-14-11-20-18(2)8-12-25(32)28(20)30-27;/h3-14,16,32H,1-2H3;/q-1;. The molecule has 1 N–H and O–H groups in total. The normalized spacial score (nSPS) is 11.1. The van der Waals surface area contributed by atoms with Crippen LogP contribution in [0.5, 0.6) is 17.4 Å². The Hall–Kier alpha value is -3.69. The van der Waals surface area contributed by atoms with Gasteiger partial charge in [0.05, 0.1) is 0 Å². The summed E-state index contributed by atoms with van der Waals surface area (Å²) in [5.74, 6) is 1.89. The summed E-state index contributed by atoms with van der Waals surface area (Å²) in [6.07, 6.45) is 1.86. The number of benzene rings is 3. The average molecular weight is 626 g/mol. The van der Waals surface area contributed by atoms with Crippen molar-refractivity contribution in [3.05, 3.63) is 96.2 Å². The van der Waals surface area contributed by atoms with Crippen molar-refractivity contribution < 1.29 is 30.9 Å². The van der Waals surface area contributed by atoms with E-state index in [-0.39, 0.29) is 26.8 Å². The zero-order valence-electron chi connectivity index (χ0n) is 18.5. The van der Waals surface area contributed by atoms with Crippen LogP contribution >= 0.6 is 0 Å². The van der Waals surface area contributed by atoms with Crippen molar-refractivity contribution in [2.45, 2.75) is 13.8 Å². The van der Waals surface area contributed by atoms with Gasteiger partial charge in [0.1, 0.15) is 17.1 Å². The fraction of sp³-hybridized carbons (Fsp3) is 0.0714. The number of aromatic hydroxyl groups is 1. The van der Waals surface area contributed by atoms with E-state index < -0.39 is 0 Å². The van der Waals surface area contributed by atoms with Crippen LogP contribution in [0.3, 0.4) is 0 Å². The molecule has 3 aromatic heterocycles. The maximum Gasteiger partial charge on any atom is 0.217 e. The summed E-state index contributed by atoms with van der Waals surface area (Å²) in [5, 5.41) is 13.3. The van der Waals surface area contributed by atoms with Gasteiger partial charge in [-0.25, -0.2) is 9.97 Å². The number of pyridine rings is 2. The van der Waals surface area contributed by atoms with Gasteiger partial charge in [0.2, 0.25) is 5.88 Å². The van der Waals surface area contributed by atoms with Crippen molar-refractivity contribution >= 4 is 32.7 Å². The molecule has 0 fully saturated rings. The van der Waals surface area contributed by atoms with Gasteiger partial charge in [0.25, 0.3) is 0 Å². The van der Waals surface area contributed by atoms with Gasteiger partial charge in [-0.3, -0.25) is 0 Å². The molecule has 0 radical (unpaired) electrons. The number of para-hydroxylation sites is 1. The summed E-state index contributed by atoms with van der Waals surface area (Å²) in [6, 6.07) is 26.9. The van der Waals surface area contributed by atoms with Crippen LogP contribution in [0.4, 0.5) is 0 Å². The van der Waals surface area contributed by atoms with Crippen molar-refractivity contribution in [1.82, 2.24) is 14.5 Å². The Balaban J connectivity index is 0.00000241. The van der Waals surface area contributed by atoms with E-state index in [0.717, 1.165) is 44.1 Å². The minimum absolute atomic E-state index is 0. The van der Waals surface area contributed by atoms with Crippen molar-refractivity contribution in [1.29, 1.82) is 0 Å². The smallest absolute Gasteiger partial charge is 0.217 e. The van der Waals surface area contributed by atoms with Gasteiger partial charge >= 0.3 is 0 Å². The first kappa shape index (κ1) is 22.1. The van der Waals surface area contributed by atoms with Crippen molar-refractivity contribution in [3.8, 4) is 23.2 Å². The molecule has 6 rings (SSSR count). The monoisotopic (exact) mass is 625 g/mol. The van der Waals surface area contributed by atoms with Crippen LogP contribution in [0.25, 0.3) is 38.5 Å². The third-order valence-corrected chi connectivity index (χ3v) is 5.92. The number of hydrogen-bond donors (Lipinski definition) is 1. The van der Waals surface area contributed by atoms with E-state index in [0.29, 0.717) is 17.1 Å². The molecule has 0 aliphatic heterocycles. The van der Waals surface area contributed by atoms with Crippen molar-refractivity contribution in [3.63, 3.8) is 0 Å². The predicted octanol–water partition coefficient (Wildman–Crippen LogP) is 6.64. The van der Waals surface area contributed by atoms with E-state index in [1.54, 1.807) is 6.07 Å². The fourth-order valence-corrected chi connectivity index (χ4v) is 4.26. The molecule has 0 spiro atoms. The van der Waals surface area contributed by atoms with E-state index in [4.69, 9.17) is 4.74 Å². The molecule has 3 aromatic carbocycles. The molecule has 0 bridgehead atoms. The first-order chi connectivity index (χ1) is 16.1. The Morgan fingerprint density at radius 3 is 2.50 bits per heavy atom. The molecule has 6 heteroatoms. The summed E-state index contributed by atoms with van der Waals surface area (Å²) in [5.41, 5.74) is 4.61. The van der Waals surface area contributed by atoms with E-state index >= 15 is 0 Å². The maximum absolute atomic E-state index is 10.3. The van der Waals surface area contributed by atoms with Gasteiger partial charge in [0, 0.05) is 50.0 Å². The number of aryl methyl sites for hydroxylation is 2. The summed E-state index contributed by atoms with van der Waals surface area (Å²) < 4.78 is 8.18. The Bertz CT molecular complexity index is 1670. The number of ether oxygens (including phenoxy) is 1. The molecular weight excluding hydrogens is 605 g/mol. The second kappa shape index (κ2) is 8.58. The zero-order chi connectivity index (χ0) is 22.5. The molecule has 6 aromatic rings. The minimum atomic E-state index is 0. The summed E-state index contributed by atoms with van der Waals surface area (Å²) in [6.45, 7) is 4.01. The molecule has 0 aliphatic carbocycles. The van der Waals surface area contributed by atoms with Crippen LogP contribution in [0, 0.1) is 19.9 Å². The summed E-state index contributed by atoms with van der Waals surface area (Å²) >= 11 is 0. The van der Waals surface area contributed by atoms with Crippen LogP contribution in [-0.2, 0) is 21.1 Å². The van der Waals surface area contributed by atoms with Crippen LogP contribution in [0.15, 0.2) is 79.0 Å². The molecule has 0 atom stereocenters. The second-order valence-corrected chi connectivity index (χ2v) is 8.18. The SMILES string of the molecule is Cc1ccc(-n2c3[c-]c(Oc4ccc5c(C)ccc(O)c5n4)ccc3c3ccccc32)nc1.[Pt]. The van der Waals surface area contributed by atoms with E-state index in [1.165, 1.54) is 0 Å². The number of fused-ring (bicyclic) bond motifs is 4. The van der Waals surface area contributed by atoms with E-state index in [9.17, 15) is 5.11 Å². The first-order valence-electron chi connectivity index (χ1n) is 10.7. The predicted molar refractivity (Wildman–Crippen MR) is 130 cm³/mol. The number of aromatic nitrogens is 3. The molecular formula is C28H20N3O2Pt-. The number of phenolic OH excluding ortho intramolecular Hbond substituents is 1. The number of rotatable bonds is 3. The van der Waals surface area contributed by atoms with Gasteiger partial charge in [-0.05, 0) is 54.6 Å². The Morgan fingerprint density at radius 2 is 1.68 bits per heavy atom.